The van der Waals surface area contributed by atoms with E-state index in [1.54, 1.807) is 18.2 Å². The first-order valence-electron chi connectivity index (χ1n) is 10.9. The fraction of sp³-hybridized carbons (Fsp3) is 0.391. The normalized spacial score (nSPS) is 21.7. The van der Waals surface area contributed by atoms with Crippen molar-refractivity contribution in [2.24, 2.45) is 5.92 Å². The minimum Gasteiger partial charge on any atom is -0.324 e. The molecule has 0 radical (unpaired) electrons. The van der Waals surface area contributed by atoms with E-state index in [1.807, 2.05) is 30.0 Å². The lowest BCUT2D eigenvalue weighted by atomic mass is 9.96. The zero-order valence-corrected chi connectivity index (χ0v) is 19.4. The molecule has 168 valence electrons. The highest BCUT2D eigenvalue weighted by molar-refractivity contribution is 8.01. The lowest BCUT2D eigenvalue weighted by molar-refractivity contribution is -0.123. The van der Waals surface area contributed by atoms with Gasteiger partial charge in [-0.2, -0.15) is 4.31 Å². The maximum atomic E-state index is 13.2. The smallest absolute Gasteiger partial charge is 0.243 e. The molecule has 1 saturated heterocycles. The monoisotopic (exact) mass is 471 g/mol. The van der Waals surface area contributed by atoms with Gasteiger partial charge in [0.1, 0.15) is 0 Å². The van der Waals surface area contributed by atoms with Crippen LogP contribution in [0.4, 0.5) is 11.4 Å². The number of carbonyl (C=O) groups is 2. The van der Waals surface area contributed by atoms with Crippen LogP contribution in [0.3, 0.4) is 0 Å². The van der Waals surface area contributed by atoms with E-state index in [2.05, 4.69) is 11.4 Å². The fourth-order valence-electron chi connectivity index (χ4n) is 4.63. The summed E-state index contributed by atoms with van der Waals surface area (Å²) < 4.78 is 27.9. The van der Waals surface area contributed by atoms with Gasteiger partial charge in [0.15, 0.2) is 0 Å². The van der Waals surface area contributed by atoms with Gasteiger partial charge < -0.3 is 10.2 Å². The van der Waals surface area contributed by atoms with Crippen LogP contribution < -0.4 is 10.2 Å². The van der Waals surface area contributed by atoms with Crippen LogP contribution in [0, 0.1) is 5.92 Å². The number of sulfonamides is 1. The van der Waals surface area contributed by atoms with Crippen molar-refractivity contribution >= 4 is 45.0 Å². The molecule has 9 heteroatoms. The van der Waals surface area contributed by atoms with Crippen LogP contribution in [0.5, 0.6) is 0 Å². The highest BCUT2D eigenvalue weighted by Crippen LogP contribution is 2.38. The number of thioether (sulfide) groups is 1. The van der Waals surface area contributed by atoms with Gasteiger partial charge in [-0.3, -0.25) is 9.59 Å². The number of para-hydroxylation sites is 1. The van der Waals surface area contributed by atoms with Gasteiger partial charge in [0, 0.05) is 36.1 Å². The molecule has 7 nitrogen and oxygen atoms in total. The molecular weight excluding hydrogens is 446 g/mol. The molecule has 2 amide bonds. The van der Waals surface area contributed by atoms with E-state index in [9.17, 15) is 18.0 Å². The van der Waals surface area contributed by atoms with Gasteiger partial charge in [-0.1, -0.05) is 18.2 Å². The number of benzene rings is 2. The molecule has 3 aliphatic rings. The second-order valence-electron chi connectivity index (χ2n) is 8.45. The van der Waals surface area contributed by atoms with Crippen molar-refractivity contribution in [1.82, 2.24) is 4.31 Å². The van der Waals surface area contributed by atoms with Gasteiger partial charge in [-0.25, -0.2) is 8.42 Å². The van der Waals surface area contributed by atoms with Gasteiger partial charge in [-0.15, -0.1) is 11.8 Å². The molecule has 1 fully saturated rings. The highest BCUT2D eigenvalue weighted by atomic mass is 32.2. The summed E-state index contributed by atoms with van der Waals surface area (Å²) in [6.07, 6.45) is 1.87. The summed E-state index contributed by atoms with van der Waals surface area (Å²) in [5.74, 6) is -0.206. The molecule has 1 N–H and O–H groups in total. The largest absolute Gasteiger partial charge is 0.324 e. The number of amides is 2. The number of hydrogen-bond donors (Lipinski definition) is 1. The van der Waals surface area contributed by atoms with E-state index in [4.69, 9.17) is 0 Å². The number of hydrogen-bond acceptors (Lipinski definition) is 5. The lowest BCUT2D eigenvalue weighted by Gasteiger charge is -2.33. The Morgan fingerprint density at radius 3 is 2.62 bits per heavy atom. The van der Waals surface area contributed by atoms with Crippen LogP contribution in [-0.4, -0.2) is 49.4 Å². The van der Waals surface area contributed by atoms with Gasteiger partial charge >= 0.3 is 0 Å². The zero-order chi connectivity index (χ0) is 22.5. The molecule has 0 spiro atoms. The van der Waals surface area contributed by atoms with Crippen LogP contribution in [0.1, 0.15) is 25.3 Å². The Morgan fingerprint density at radius 1 is 1.09 bits per heavy atom. The van der Waals surface area contributed by atoms with E-state index in [0.717, 1.165) is 17.0 Å². The van der Waals surface area contributed by atoms with Crippen molar-refractivity contribution in [2.45, 2.75) is 41.2 Å². The van der Waals surface area contributed by atoms with E-state index >= 15 is 0 Å². The third kappa shape index (κ3) is 3.72. The van der Waals surface area contributed by atoms with Crippen LogP contribution in [0.2, 0.25) is 0 Å². The summed E-state index contributed by atoms with van der Waals surface area (Å²) in [6.45, 7) is 3.13. The summed E-state index contributed by atoms with van der Waals surface area (Å²) in [5.41, 5.74) is 2.71. The van der Waals surface area contributed by atoms with Crippen molar-refractivity contribution in [3.05, 3.63) is 48.0 Å². The average molecular weight is 472 g/mol. The summed E-state index contributed by atoms with van der Waals surface area (Å²) in [4.78, 5) is 28.0. The average Bonchev–Trinajstić information content (AvgIpc) is 3.23. The van der Waals surface area contributed by atoms with E-state index in [1.165, 1.54) is 21.6 Å². The number of anilines is 2. The Balaban J connectivity index is 1.28. The molecule has 32 heavy (non-hydrogen) atoms. The molecule has 3 heterocycles. The van der Waals surface area contributed by atoms with Gasteiger partial charge in [-0.05, 0) is 56.0 Å². The molecule has 0 bridgehead atoms. The first kappa shape index (κ1) is 21.5. The predicted molar refractivity (Wildman–Crippen MR) is 124 cm³/mol. The third-order valence-corrected chi connectivity index (χ3v) is 9.55. The SMILES string of the molecule is C[C@H]1Sc2ccc(S(=O)(=O)N3CCC(C(=O)N4CCc5ccccc54)CC3)cc2NC1=O. The minimum atomic E-state index is -3.70. The van der Waals surface area contributed by atoms with Gasteiger partial charge in [0.2, 0.25) is 21.8 Å². The van der Waals surface area contributed by atoms with Crippen molar-refractivity contribution in [1.29, 1.82) is 0 Å². The first-order valence-corrected chi connectivity index (χ1v) is 13.2. The number of nitrogens with one attached hydrogen (secondary N) is 1. The van der Waals surface area contributed by atoms with Gasteiger partial charge in [0.25, 0.3) is 0 Å². The Hall–Kier alpha value is -2.36. The second kappa shape index (κ2) is 8.20. The maximum Gasteiger partial charge on any atom is 0.243 e. The van der Waals surface area contributed by atoms with Crippen LogP contribution >= 0.6 is 11.8 Å². The molecular formula is C23H25N3O4S2. The Morgan fingerprint density at radius 2 is 1.84 bits per heavy atom. The van der Waals surface area contributed by atoms with Crippen LogP contribution in [0.25, 0.3) is 0 Å². The molecule has 3 aliphatic heterocycles. The van der Waals surface area contributed by atoms with Gasteiger partial charge in [0.05, 0.1) is 15.8 Å². The topological polar surface area (TPSA) is 86.8 Å². The van der Waals surface area contributed by atoms with Crippen molar-refractivity contribution in [3.63, 3.8) is 0 Å². The third-order valence-electron chi connectivity index (χ3n) is 6.48. The molecule has 2 aromatic rings. The van der Waals surface area contributed by atoms with Crippen molar-refractivity contribution in [3.8, 4) is 0 Å². The van der Waals surface area contributed by atoms with Crippen molar-refractivity contribution in [2.75, 3.05) is 29.9 Å². The molecule has 5 rings (SSSR count). The van der Waals surface area contributed by atoms with Crippen molar-refractivity contribution < 1.29 is 18.0 Å². The summed E-state index contributed by atoms with van der Waals surface area (Å²) >= 11 is 1.42. The molecule has 0 aromatic heterocycles. The number of rotatable bonds is 3. The Bertz CT molecular complexity index is 1190. The number of fused-ring (bicyclic) bond motifs is 2. The second-order valence-corrected chi connectivity index (χ2v) is 11.8. The summed E-state index contributed by atoms with van der Waals surface area (Å²) in [5, 5.41) is 2.59. The fourth-order valence-corrected chi connectivity index (χ4v) is 7.05. The predicted octanol–water partition coefficient (Wildman–Crippen LogP) is 3.11. The summed E-state index contributed by atoms with van der Waals surface area (Å²) in [6, 6.07) is 12.9. The molecule has 0 saturated carbocycles. The molecule has 0 unspecified atom stereocenters. The standard InChI is InChI=1S/C23H25N3O4S2/c1-15-22(27)24-19-14-18(6-7-21(19)31-15)32(29,30)25-11-8-17(9-12-25)23(28)26-13-10-16-4-2-3-5-20(16)26/h2-7,14-15,17H,8-13H2,1H3,(H,24,27)/t15-/m1/s1. The Kier molecular flexibility index (Phi) is 5.51. The number of piperidine rings is 1. The van der Waals surface area contributed by atoms with Crippen LogP contribution in [-0.2, 0) is 26.0 Å². The lowest BCUT2D eigenvalue weighted by Crippen LogP contribution is -2.44. The molecule has 1 atom stereocenters. The highest BCUT2D eigenvalue weighted by Gasteiger charge is 2.36. The Labute approximate surface area is 192 Å². The summed E-state index contributed by atoms with van der Waals surface area (Å²) in [7, 11) is -3.70. The maximum absolute atomic E-state index is 13.2. The number of nitrogens with zero attached hydrogens (tertiary/aromatic N) is 2. The molecule has 0 aliphatic carbocycles. The quantitative estimate of drug-likeness (QED) is 0.743. The van der Waals surface area contributed by atoms with Crippen LogP contribution in [0.15, 0.2) is 52.3 Å². The van der Waals surface area contributed by atoms with E-state index in [-0.39, 0.29) is 27.9 Å². The van der Waals surface area contributed by atoms with E-state index < -0.39 is 10.0 Å². The zero-order valence-electron chi connectivity index (χ0n) is 17.8. The van der Waals surface area contributed by atoms with E-state index in [0.29, 0.717) is 38.2 Å². The molecule has 2 aromatic carbocycles. The first-order chi connectivity index (χ1) is 15.3. The number of carbonyl (C=O) groups excluding carboxylic acids is 2. The minimum absolute atomic E-state index is 0.0923.